The molecule has 1 aromatic rings. The lowest BCUT2D eigenvalue weighted by molar-refractivity contribution is -0.142. The summed E-state index contributed by atoms with van der Waals surface area (Å²) in [6, 6.07) is 2.02. The predicted molar refractivity (Wildman–Crippen MR) is 61.7 cm³/mol. The van der Waals surface area contributed by atoms with Crippen molar-refractivity contribution in [2.24, 2.45) is 5.92 Å². The molecule has 0 aliphatic heterocycles. The van der Waals surface area contributed by atoms with Crippen molar-refractivity contribution < 1.29 is 23.1 Å². The topological polar surface area (TPSA) is 66.3 Å². The Morgan fingerprint density at radius 2 is 2.05 bits per heavy atom. The number of carboxylic acids is 1. The highest BCUT2D eigenvalue weighted by Gasteiger charge is 2.33. The van der Waals surface area contributed by atoms with Crippen molar-refractivity contribution in [3.05, 3.63) is 17.8 Å². The number of alkyl halides is 3. The molecule has 0 aliphatic rings. The van der Waals surface area contributed by atoms with Crippen LogP contribution in [-0.4, -0.2) is 34.4 Å². The van der Waals surface area contributed by atoms with Gasteiger partial charge in [-0.05, 0) is 19.1 Å². The summed E-state index contributed by atoms with van der Waals surface area (Å²) in [5.41, 5.74) is -1.07. The molecule has 8 heteroatoms. The first-order valence-corrected chi connectivity index (χ1v) is 5.64. The zero-order valence-corrected chi connectivity index (χ0v) is 10.5. The van der Waals surface area contributed by atoms with Crippen LogP contribution in [0, 0.1) is 5.92 Å². The molecule has 1 aromatic heterocycles. The quantitative estimate of drug-likeness (QED) is 0.892. The first kappa shape index (κ1) is 15.2. The second kappa shape index (κ2) is 5.85. The summed E-state index contributed by atoms with van der Waals surface area (Å²) in [5.74, 6) is -1.40. The van der Waals surface area contributed by atoms with Crippen LogP contribution in [0.25, 0.3) is 0 Å². The van der Waals surface area contributed by atoms with Gasteiger partial charge in [0.15, 0.2) is 11.5 Å². The van der Waals surface area contributed by atoms with E-state index in [9.17, 15) is 18.0 Å². The Kier molecular flexibility index (Phi) is 4.68. The zero-order chi connectivity index (χ0) is 14.6. The normalized spacial score (nSPS) is 13.1. The fourth-order valence-corrected chi connectivity index (χ4v) is 1.44. The molecule has 0 aromatic carbocycles. The number of carboxylic acid groups (broad SMARTS) is 1. The molecule has 0 spiro atoms. The van der Waals surface area contributed by atoms with Gasteiger partial charge in [-0.3, -0.25) is 4.79 Å². The van der Waals surface area contributed by atoms with Crippen molar-refractivity contribution in [2.75, 3.05) is 18.0 Å². The third-order valence-corrected chi connectivity index (χ3v) is 2.56. The van der Waals surface area contributed by atoms with Crippen molar-refractivity contribution in [3.63, 3.8) is 0 Å². The Morgan fingerprint density at radius 1 is 1.42 bits per heavy atom. The third kappa shape index (κ3) is 4.08. The molecule has 0 aliphatic carbocycles. The van der Waals surface area contributed by atoms with Gasteiger partial charge in [0.1, 0.15) is 0 Å². The van der Waals surface area contributed by atoms with E-state index in [0.717, 1.165) is 6.07 Å². The number of aromatic nitrogens is 2. The van der Waals surface area contributed by atoms with E-state index in [1.165, 1.54) is 13.0 Å². The van der Waals surface area contributed by atoms with Crippen LogP contribution in [0.3, 0.4) is 0 Å². The average Bonchev–Trinajstić information content (AvgIpc) is 2.34. The van der Waals surface area contributed by atoms with E-state index in [2.05, 4.69) is 10.2 Å². The van der Waals surface area contributed by atoms with Gasteiger partial charge < -0.3 is 10.0 Å². The van der Waals surface area contributed by atoms with Gasteiger partial charge in [-0.2, -0.15) is 13.2 Å². The Labute approximate surface area is 108 Å². The number of rotatable bonds is 5. The van der Waals surface area contributed by atoms with Crippen LogP contribution in [0.4, 0.5) is 19.0 Å². The minimum Gasteiger partial charge on any atom is -0.481 e. The number of aliphatic carboxylic acids is 1. The molecule has 106 valence electrons. The minimum atomic E-state index is -4.53. The van der Waals surface area contributed by atoms with Gasteiger partial charge in [-0.1, -0.05) is 6.92 Å². The van der Waals surface area contributed by atoms with E-state index >= 15 is 0 Å². The molecule has 0 saturated carbocycles. The summed E-state index contributed by atoms with van der Waals surface area (Å²) in [6.45, 7) is 3.86. The van der Waals surface area contributed by atoms with Gasteiger partial charge in [0.05, 0.1) is 5.92 Å². The molecule has 1 unspecified atom stereocenters. The predicted octanol–water partition coefficient (Wildman–Crippen LogP) is 2.04. The highest BCUT2D eigenvalue weighted by Crippen LogP contribution is 2.27. The van der Waals surface area contributed by atoms with Gasteiger partial charge in [-0.25, -0.2) is 0 Å². The largest absolute Gasteiger partial charge is 0.481 e. The number of halogens is 3. The number of hydrogen-bond acceptors (Lipinski definition) is 4. The highest BCUT2D eigenvalue weighted by molar-refractivity contribution is 5.70. The molecule has 1 N–H and O–H groups in total. The first-order chi connectivity index (χ1) is 8.75. The minimum absolute atomic E-state index is 0.159. The van der Waals surface area contributed by atoms with E-state index in [1.807, 2.05) is 0 Å². The van der Waals surface area contributed by atoms with E-state index in [4.69, 9.17) is 5.11 Å². The molecule has 0 amide bonds. The maximum absolute atomic E-state index is 12.3. The SMILES string of the molecule is CCN(CC(C)C(=O)O)c1ccc(C(F)(F)F)nn1. The lowest BCUT2D eigenvalue weighted by Gasteiger charge is -2.23. The van der Waals surface area contributed by atoms with Gasteiger partial charge in [0.2, 0.25) is 0 Å². The van der Waals surface area contributed by atoms with Crippen LogP contribution in [0.1, 0.15) is 19.5 Å². The van der Waals surface area contributed by atoms with E-state index in [0.29, 0.717) is 6.54 Å². The van der Waals surface area contributed by atoms with Crippen molar-refractivity contribution in [1.29, 1.82) is 0 Å². The van der Waals surface area contributed by atoms with Gasteiger partial charge in [0, 0.05) is 13.1 Å². The van der Waals surface area contributed by atoms with Crippen molar-refractivity contribution in [2.45, 2.75) is 20.0 Å². The number of carbonyl (C=O) groups is 1. The molecule has 5 nitrogen and oxygen atoms in total. The Bertz CT molecular complexity index is 434. The van der Waals surface area contributed by atoms with Crippen LogP contribution in [0.15, 0.2) is 12.1 Å². The third-order valence-electron chi connectivity index (χ3n) is 2.56. The summed E-state index contributed by atoms with van der Waals surface area (Å²) in [4.78, 5) is 12.3. The van der Waals surface area contributed by atoms with Gasteiger partial charge in [0.25, 0.3) is 0 Å². The molecule has 0 fully saturated rings. The van der Waals surface area contributed by atoms with Crippen LogP contribution in [0.5, 0.6) is 0 Å². The Morgan fingerprint density at radius 3 is 2.42 bits per heavy atom. The Hall–Kier alpha value is -1.86. The summed E-state index contributed by atoms with van der Waals surface area (Å²) in [5, 5.41) is 15.4. The van der Waals surface area contributed by atoms with Crippen molar-refractivity contribution in [1.82, 2.24) is 10.2 Å². The Balaban J connectivity index is 2.85. The summed E-state index contributed by atoms with van der Waals surface area (Å²) in [7, 11) is 0. The van der Waals surface area contributed by atoms with Crippen LogP contribution < -0.4 is 4.90 Å². The summed E-state index contributed by atoms with van der Waals surface area (Å²) < 4.78 is 37.0. The fraction of sp³-hybridized carbons (Fsp3) is 0.545. The van der Waals surface area contributed by atoms with Gasteiger partial charge in [-0.15, -0.1) is 10.2 Å². The molecule has 1 rings (SSSR count). The zero-order valence-electron chi connectivity index (χ0n) is 10.5. The highest BCUT2D eigenvalue weighted by atomic mass is 19.4. The van der Waals surface area contributed by atoms with Crippen LogP contribution in [-0.2, 0) is 11.0 Å². The second-order valence-electron chi connectivity index (χ2n) is 4.05. The smallest absolute Gasteiger partial charge is 0.435 e. The molecule has 0 bridgehead atoms. The average molecular weight is 277 g/mol. The maximum atomic E-state index is 12.3. The number of anilines is 1. The number of nitrogens with zero attached hydrogens (tertiary/aromatic N) is 3. The molecular weight excluding hydrogens is 263 g/mol. The van der Waals surface area contributed by atoms with Crippen molar-refractivity contribution >= 4 is 11.8 Å². The van der Waals surface area contributed by atoms with E-state index in [1.54, 1.807) is 11.8 Å². The van der Waals surface area contributed by atoms with Crippen molar-refractivity contribution in [3.8, 4) is 0 Å². The monoisotopic (exact) mass is 277 g/mol. The molecule has 19 heavy (non-hydrogen) atoms. The summed E-state index contributed by atoms with van der Waals surface area (Å²) >= 11 is 0. The molecular formula is C11H14F3N3O2. The lowest BCUT2D eigenvalue weighted by Crippen LogP contribution is -2.32. The fourth-order valence-electron chi connectivity index (χ4n) is 1.44. The van der Waals surface area contributed by atoms with Gasteiger partial charge >= 0.3 is 12.1 Å². The lowest BCUT2D eigenvalue weighted by atomic mass is 10.1. The molecule has 0 radical (unpaired) electrons. The van der Waals surface area contributed by atoms with Crippen LogP contribution >= 0.6 is 0 Å². The molecule has 1 heterocycles. The molecule has 1 atom stereocenters. The van der Waals surface area contributed by atoms with Crippen LogP contribution in [0.2, 0.25) is 0 Å². The second-order valence-corrected chi connectivity index (χ2v) is 4.05. The summed E-state index contributed by atoms with van der Waals surface area (Å²) in [6.07, 6.45) is -4.53. The first-order valence-electron chi connectivity index (χ1n) is 5.64. The number of hydrogen-bond donors (Lipinski definition) is 1. The maximum Gasteiger partial charge on any atom is 0.435 e. The van der Waals surface area contributed by atoms with E-state index < -0.39 is 23.8 Å². The molecule has 0 saturated heterocycles. The standard InChI is InChI=1S/C11H14F3N3O2/c1-3-17(6-7(2)10(18)19)9-5-4-8(15-16-9)11(12,13)14/h4-5,7H,3,6H2,1-2H3,(H,18,19). The van der Waals surface area contributed by atoms with E-state index in [-0.39, 0.29) is 12.4 Å².